The van der Waals surface area contributed by atoms with Crippen LogP contribution in [0.4, 0.5) is 5.69 Å². The topological polar surface area (TPSA) is 87.3 Å². The summed E-state index contributed by atoms with van der Waals surface area (Å²) < 4.78 is 0. The van der Waals surface area contributed by atoms with E-state index in [0.717, 1.165) is 11.1 Å². The molecule has 0 radical (unpaired) electrons. The highest BCUT2D eigenvalue weighted by Crippen LogP contribution is 2.10. The van der Waals surface area contributed by atoms with Crippen molar-refractivity contribution in [2.75, 3.05) is 18.9 Å². The van der Waals surface area contributed by atoms with E-state index in [0.29, 0.717) is 16.8 Å². The van der Waals surface area contributed by atoms with Gasteiger partial charge in [0, 0.05) is 23.9 Å². The molecule has 0 aliphatic rings. The number of hydrogen-bond acceptors (Lipinski definition) is 3. The van der Waals surface area contributed by atoms with Crippen LogP contribution in [-0.2, 0) is 4.79 Å². The molecule has 0 aliphatic heterocycles. The Kier molecular flexibility index (Phi) is 5.89. The first-order valence-corrected chi connectivity index (χ1v) is 7.87. The molecule has 0 saturated heterocycles. The van der Waals surface area contributed by atoms with Crippen molar-refractivity contribution >= 4 is 23.4 Å². The van der Waals surface area contributed by atoms with Crippen LogP contribution >= 0.6 is 0 Å². The molecule has 6 nitrogen and oxygen atoms in total. The van der Waals surface area contributed by atoms with Gasteiger partial charge in [-0.1, -0.05) is 17.2 Å². The molecule has 2 rings (SSSR count). The summed E-state index contributed by atoms with van der Waals surface area (Å²) >= 11 is 0. The second-order valence-corrected chi connectivity index (χ2v) is 5.76. The van der Waals surface area contributed by atoms with Crippen LogP contribution in [0.1, 0.15) is 31.8 Å². The van der Waals surface area contributed by atoms with Crippen LogP contribution in [0.25, 0.3) is 0 Å². The van der Waals surface area contributed by atoms with Gasteiger partial charge in [-0.15, -0.1) is 0 Å². The molecule has 3 amide bonds. The molecule has 0 heterocycles. The SMILES string of the molecule is CNC(=O)c1ccc(NC(=O)CNC(=O)c2cc(C)cc(C)c2)cc1. The lowest BCUT2D eigenvalue weighted by Crippen LogP contribution is -2.32. The Hall–Kier alpha value is -3.15. The standard InChI is InChI=1S/C19H21N3O3/c1-12-8-13(2)10-15(9-12)19(25)21-11-17(23)22-16-6-4-14(5-7-16)18(24)20-3/h4-10H,11H2,1-3H3,(H,20,24)(H,21,25)(H,22,23). The number of rotatable bonds is 5. The molecular formula is C19H21N3O3. The Morgan fingerprint density at radius 1 is 0.840 bits per heavy atom. The van der Waals surface area contributed by atoms with Gasteiger partial charge in [0.25, 0.3) is 11.8 Å². The van der Waals surface area contributed by atoms with E-state index in [-0.39, 0.29) is 24.3 Å². The van der Waals surface area contributed by atoms with Crippen molar-refractivity contribution in [1.82, 2.24) is 10.6 Å². The first kappa shape index (κ1) is 18.2. The first-order valence-electron chi connectivity index (χ1n) is 7.87. The van der Waals surface area contributed by atoms with Gasteiger partial charge in [0.15, 0.2) is 0 Å². The number of benzene rings is 2. The maximum Gasteiger partial charge on any atom is 0.251 e. The molecule has 0 aliphatic carbocycles. The third-order valence-electron chi connectivity index (χ3n) is 3.55. The highest BCUT2D eigenvalue weighted by molar-refractivity contribution is 6.00. The zero-order valence-corrected chi connectivity index (χ0v) is 14.5. The van der Waals surface area contributed by atoms with Crippen molar-refractivity contribution < 1.29 is 14.4 Å². The molecule has 0 saturated carbocycles. The Morgan fingerprint density at radius 2 is 1.44 bits per heavy atom. The van der Waals surface area contributed by atoms with Crippen molar-refractivity contribution in [2.24, 2.45) is 0 Å². The van der Waals surface area contributed by atoms with Gasteiger partial charge >= 0.3 is 0 Å². The van der Waals surface area contributed by atoms with Gasteiger partial charge in [0.1, 0.15) is 0 Å². The van der Waals surface area contributed by atoms with Crippen LogP contribution in [0.15, 0.2) is 42.5 Å². The third-order valence-corrected chi connectivity index (χ3v) is 3.55. The molecule has 2 aromatic rings. The summed E-state index contributed by atoms with van der Waals surface area (Å²) in [6.07, 6.45) is 0. The lowest BCUT2D eigenvalue weighted by molar-refractivity contribution is -0.115. The molecule has 0 fully saturated rings. The van der Waals surface area contributed by atoms with E-state index in [2.05, 4.69) is 16.0 Å². The lowest BCUT2D eigenvalue weighted by atomic mass is 10.1. The Balaban J connectivity index is 1.90. The number of aryl methyl sites for hydroxylation is 2. The first-order chi connectivity index (χ1) is 11.9. The van der Waals surface area contributed by atoms with Gasteiger partial charge in [-0.05, 0) is 50.2 Å². The minimum absolute atomic E-state index is 0.136. The lowest BCUT2D eigenvalue weighted by Gasteiger charge is -2.09. The van der Waals surface area contributed by atoms with Gasteiger partial charge in [0.2, 0.25) is 5.91 Å². The number of anilines is 1. The van der Waals surface area contributed by atoms with E-state index < -0.39 is 0 Å². The molecule has 0 aromatic heterocycles. The fourth-order valence-corrected chi connectivity index (χ4v) is 2.42. The monoisotopic (exact) mass is 339 g/mol. The molecule has 0 spiro atoms. The number of hydrogen-bond donors (Lipinski definition) is 3. The largest absolute Gasteiger partial charge is 0.355 e. The summed E-state index contributed by atoms with van der Waals surface area (Å²) in [4.78, 5) is 35.5. The van der Waals surface area contributed by atoms with Crippen LogP contribution in [0.5, 0.6) is 0 Å². The van der Waals surface area contributed by atoms with Crippen LogP contribution in [-0.4, -0.2) is 31.3 Å². The number of carbonyl (C=O) groups excluding carboxylic acids is 3. The maximum absolute atomic E-state index is 12.1. The van der Waals surface area contributed by atoms with E-state index in [1.54, 1.807) is 43.4 Å². The normalized spacial score (nSPS) is 10.0. The Bertz CT molecular complexity index is 778. The predicted octanol–water partition coefficient (Wildman–Crippen LogP) is 2.03. The minimum Gasteiger partial charge on any atom is -0.355 e. The summed E-state index contributed by atoms with van der Waals surface area (Å²) in [5.41, 5.74) is 3.57. The molecule has 0 atom stereocenters. The van der Waals surface area contributed by atoms with Crippen LogP contribution in [0, 0.1) is 13.8 Å². The third kappa shape index (κ3) is 5.17. The quantitative estimate of drug-likeness (QED) is 0.779. The van der Waals surface area contributed by atoms with Gasteiger partial charge in [0.05, 0.1) is 6.54 Å². The highest BCUT2D eigenvalue weighted by Gasteiger charge is 2.10. The van der Waals surface area contributed by atoms with Crippen molar-refractivity contribution in [3.63, 3.8) is 0 Å². The van der Waals surface area contributed by atoms with Crippen molar-refractivity contribution in [1.29, 1.82) is 0 Å². The van der Waals surface area contributed by atoms with E-state index >= 15 is 0 Å². The van der Waals surface area contributed by atoms with Crippen LogP contribution < -0.4 is 16.0 Å². The Morgan fingerprint density at radius 3 is 2.00 bits per heavy atom. The van der Waals surface area contributed by atoms with Crippen molar-refractivity contribution in [2.45, 2.75) is 13.8 Å². The van der Waals surface area contributed by atoms with Gasteiger partial charge in [-0.25, -0.2) is 0 Å². The summed E-state index contributed by atoms with van der Waals surface area (Å²) in [6, 6.07) is 12.0. The molecule has 6 heteroatoms. The average Bonchev–Trinajstić information content (AvgIpc) is 2.58. The number of carbonyl (C=O) groups is 3. The predicted molar refractivity (Wildman–Crippen MR) is 96.7 cm³/mol. The van der Waals surface area contributed by atoms with Gasteiger partial charge < -0.3 is 16.0 Å². The summed E-state index contributed by atoms with van der Waals surface area (Å²) in [7, 11) is 1.55. The van der Waals surface area contributed by atoms with Gasteiger partial charge in [-0.3, -0.25) is 14.4 Å². The van der Waals surface area contributed by atoms with Gasteiger partial charge in [-0.2, -0.15) is 0 Å². The van der Waals surface area contributed by atoms with Crippen LogP contribution in [0.2, 0.25) is 0 Å². The van der Waals surface area contributed by atoms with E-state index in [4.69, 9.17) is 0 Å². The van der Waals surface area contributed by atoms with Crippen molar-refractivity contribution in [3.05, 3.63) is 64.7 Å². The second kappa shape index (κ2) is 8.10. The molecule has 0 unspecified atom stereocenters. The summed E-state index contributed by atoms with van der Waals surface area (Å²) in [6.45, 7) is 3.70. The maximum atomic E-state index is 12.1. The minimum atomic E-state index is -0.342. The summed E-state index contributed by atoms with van der Waals surface area (Å²) in [5.74, 6) is -0.832. The molecule has 3 N–H and O–H groups in total. The zero-order valence-electron chi connectivity index (χ0n) is 14.5. The number of nitrogens with one attached hydrogen (secondary N) is 3. The molecule has 130 valence electrons. The summed E-state index contributed by atoms with van der Waals surface area (Å²) in [5, 5.41) is 7.79. The fourth-order valence-electron chi connectivity index (χ4n) is 2.42. The van der Waals surface area contributed by atoms with Crippen LogP contribution in [0.3, 0.4) is 0 Å². The zero-order chi connectivity index (χ0) is 18.4. The second-order valence-electron chi connectivity index (χ2n) is 5.76. The molecule has 2 aromatic carbocycles. The Labute approximate surface area is 146 Å². The van der Waals surface area contributed by atoms with E-state index in [1.165, 1.54) is 0 Å². The average molecular weight is 339 g/mol. The van der Waals surface area contributed by atoms with E-state index in [9.17, 15) is 14.4 Å². The molecule has 25 heavy (non-hydrogen) atoms. The highest BCUT2D eigenvalue weighted by atomic mass is 16.2. The van der Waals surface area contributed by atoms with Crippen molar-refractivity contribution in [3.8, 4) is 0 Å². The fraction of sp³-hybridized carbons (Fsp3) is 0.211. The molecular weight excluding hydrogens is 318 g/mol. The van der Waals surface area contributed by atoms with E-state index in [1.807, 2.05) is 19.9 Å². The molecule has 0 bridgehead atoms. The smallest absolute Gasteiger partial charge is 0.251 e. The number of amides is 3.